The van der Waals surface area contributed by atoms with Crippen LogP contribution < -0.4 is 0 Å². The number of hydrogen-bond acceptors (Lipinski definition) is 6. The number of hydrogen-bond donors (Lipinski definition) is 3. The molecule has 0 aromatic carbocycles. The van der Waals surface area contributed by atoms with Gasteiger partial charge in [0.15, 0.2) is 0 Å². The van der Waals surface area contributed by atoms with Crippen LogP contribution in [0.2, 0.25) is 0 Å². The smallest absolute Gasteiger partial charge is 0.362 e. The molecule has 3 N–H and O–H groups in total. The summed E-state index contributed by atoms with van der Waals surface area (Å²) in [6.45, 7) is 0. The molecule has 0 amide bonds. The van der Waals surface area contributed by atoms with Crippen LogP contribution in [0.15, 0.2) is 5.16 Å². The number of carbonyl (C=O) groups is 1. The van der Waals surface area contributed by atoms with Gasteiger partial charge in [0.2, 0.25) is 11.5 Å². The van der Waals surface area contributed by atoms with Crippen LogP contribution in [0, 0.1) is 0 Å². The van der Waals surface area contributed by atoms with E-state index in [1.165, 1.54) is 0 Å². The van der Waals surface area contributed by atoms with E-state index in [-0.39, 0.29) is 5.82 Å². The molecule has 1 rings (SSSR count). The SMILES string of the molecule is O=C(O)/C(=N\O)c1nn[nH]n1. The Morgan fingerprint density at radius 1 is 1.64 bits per heavy atom. The van der Waals surface area contributed by atoms with Crippen LogP contribution >= 0.6 is 0 Å². The Morgan fingerprint density at radius 2 is 2.36 bits per heavy atom. The van der Waals surface area contributed by atoms with E-state index >= 15 is 0 Å². The molecule has 0 saturated heterocycles. The fourth-order valence-electron chi connectivity index (χ4n) is 0.445. The lowest BCUT2D eigenvalue weighted by Crippen LogP contribution is -2.16. The predicted octanol–water partition coefficient (Wildman–Crippen LogP) is -1.54. The number of carboxylic acids is 1. The van der Waals surface area contributed by atoms with E-state index < -0.39 is 11.7 Å². The van der Waals surface area contributed by atoms with Crippen LogP contribution in [-0.2, 0) is 4.79 Å². The first-order valence-electron chi connectivity index (χ1n) is 2.45. The van der Waals surface area contributed by atoms with Gasteiger partial charge in [0.1, 0.15) is 0 Å². The van der Waals surface area contributed by atoms with Crippen molar-refractivity contribution in [2.24, 2.45) is 5.16 Å². The Morgan fingerprint density at radius 3 is 2.73 bits per heavy atom. The Kier molecular flexibility index (Phi) is 1.77. The Hall–Kier alpha value is -1.99. The normalized spacial score (nSPS) is 11.5. The van der Waals surface area contributed by atoms with Crippen LogP contribution in [-0.4, -0.2) is 42.6 Å². The summed E-state index contributed by atoms with van der Waals surface area (Å²) in [5, 5.41) is 30.6. The molecule has 0 atom stereocenters. The fourth-order valence-corrected chi connectivity index (χ4v) is 0.445. The van der Waals surface area contributed by atoms with E-state index in [9.17, 15) is 4.79 Å². The first kappa shape index (κ1) is 7.12. The summed E-state index contributed by atoms with van der Waals surface area (Å²) >= 11 is 0. The second kappa shape index (κ2) is 2.73. The molecule has 58 valence electrons. The summed E-state index contributed by atoms with van der Waals surface area (Å²) in [6, 6.07) is 0. The average Bonchev–Trinajstić information content (AvgIpc) is 2.40. The first-order valence-corrected chi connectivity index (χ1v) is 2.45. The molecule has 0 saturated carbocycles. The van der Waals surface area contributed by atoms with E-state index in [4.69, 9.17) is 10.3 Å². The molecule has 0 radical (unpaired) electrons. The van der Waals surface area contributed by atoms with Crippen LogP contribution in [0.3, 0.4) is 0 Å². The van der Waals surface area contributed by atoms with E-state index in [1.807, 2.05) is 5.21 Å². The number of H-pyrrole nitrogens is 1. The van der Waals surface area contributed by atoms with Gasteiger partial charge >= 0.3 is 5.97 Å². The summed E-state index contributed by atoms with van der Waals surface area (Å²) in [6.07, 6.45) is 0. The third kappa shape index (κ3) is 1.28. The predicted molar refractivity (Wildman–Crippen MR) is 30.1 cm³/mol. The lowest BCUT2D eigenvalue weighted by atomic mass is 10.4. The van der Waals surface area contributed by atoms with Crippen molar-refractivity contribution in [3.63, 3.8) is 0 Å². The van der Waals surface area contributed by atoms with E-state index in [2.05, 4.69) is 20.6 Å². The van der Waals surface area contributed by atoms with Crippen LogP contribution in [0.1, 0.15) is 5.82 Å². The quantitative estimate of drug-likeness (QED) is 0.271. The van der Waals surface area contributed by atoms with Crippen molar-refractivity contribution in [2.75, 3.05) is 0 Å². The molecule has 1 aromatic heterocycles. The van der Waals surface area contributed by atoms with E-state index in [0.717, 1.165) is 0 Å². The number of nitrogens with zero attached hydrogens (tertiary/aromatic N) is 4. The number of aromatic nitrogens is 4. The number of nitrogens with one attached hydrogen (secondary N) is 1. The third-order valence-electron chi connectivity index (χ3n) is 0.860. The first-order chi connectivity index (χ1) is 5.25. The van der Waals surface area contributed by atoms with Gasteiger partial charge in [0, 0.05) is 0 Å². The lowest BCUT2D eigenvalue weighted by molar-refractivity contribution is -0.129. The van der Waals surface area contributed by atoms with Gasteiger partial charge in [-0.1, -0.05) is 5.16 Å². The van der Waals surface area contributed by atoms with Crippen molar-refractivity contribution in [3.05, 3.63) is 5.82 Å². The summed E-state index contributed by atoms with van der Waals surface area (Å²) in [5.74, 6) is -1.69. The van der Waals surface area contributed by atoms with Crippen molar-refractivity contribution in [3.8, 4) is 0 Å². The molecule has 0 bridgehead atoms. The fraction of sp³-hybridized carbons (Fsp3) is 0. The zero-order chi connectivity index (χ0) is 8.27. The topological polar surface area (TPSA) is 124 Å². The zero-order valence-electron chi connectivity index (χ0n) is 5.09. The van der Waals surface area contributed by atoms with Crippen molar-refractivity contribution in [2.45, 2.75) is 0 Å². The number of tetrazole rings is 1. The zero-order valence-corrected chi connectivity index (χ0v) is 5.09. The second-order valence-electron chi connectivity index (χ2n) is 1.49. The largest absolute Gasteiger partial charge is 0.476 e. The Balaban J connectivity index is 2.99. The van der Waals surface area contributed by atoms with E-state index in [0.29, 0.717) is 0 Å². The van der Waals surface area contributed by atoms with Gasteiger partial charge in [-0.2, -0.15) is 5.21 Å². The van der Waals surface area contributed by atoms with Crippen molar-refractivity contribution < 1.29 is 15.1 Å². The Bertz CT molecular complexity index is 277. The molecule has 11 heavy (non-hydrogen) atoms. The summed E-state index contributed by atoms with van der Waals surface area (Å²) in [5.41, 5.74) is -0.654. The van der Waals surface area contributed by atoms with Crippen molar-refractivity contribution in [1.29, 1.82) is 0 Å². The molecule has 0 fully saturated rings. The Labute approximate surface area is 59.5 Å². The van der Waals surface area contributed by atoms with Gasteiger partial charge < -0.3 is 10.3 Å². The van der Waals surface area contributed by atoms with E-state index in [1.54, 1.807) is 0 Å². The minimum atomic E-state index is -1.42. The molecule has 0 unspecified atom stereocenters. The van der Waals surface area contributed by atoms with Crippen molar-refractivity contribution >= 4 is 11.7 Å². The highest BCUT2D eigenvalue weighted by Gasteiger charge is 2.17. The van der Waals surface area contributed by atoms with Crippen molar-refractivity contribution in [1.82, 2.24) is 20.6 Å². The second-order valence-corrected chi connectivity index (χ2v) is 1.49. The minimum absolute atomic E-state index is 0.264. The molecular formula is C3H3N5O3. The minimum Gasteiger partial charge on any atom is -0.476 e. The number of aliphatic carboxylic acids is 1. The monoisotopic (exact) mass is 157 g/mol. The van der Waals surface area contributed by atoms with Crippen LogP contribution in [0.4, 0.5) is 0 Å². The molecule has 1 heterocycles. The van der Waals surface area contributed by atoms with Gasteiger partial charge in [-0.15, -0.1) is 10.2 Å². The highest BCUT2D eigenvalue weighted by molar-refractivity contribution is 6.41. The average molecular weight is 157 g/mol. The van der Waals surface area contributed by atoms with Gasteiger partial charge in [0.25, 0.3) is 0 Å². The number of oxime groups is 1. The number of aromatic amines is 1. The van der Waals surface area contributed by atoms with Gasteiger partial charge in [0.05, 0.1) is 0 Å². The van der Waals surface area contributed by atoms with Crippen LogP contribution in [0.25, 0.3) is 0 Å². The van der Waals surface area contributed by atoms with Gasteiger partial charge in [-0.25, -0.2) is 4.79 Å². The molecule has 0 aliphatic heterocycles. The molecule has 0 aliphatic carbocycles. The molecule has 1 aromatic rings. The molecule has 0 spiro atoms. The number of rotatable bonds is 2. The number of carboxylic acid groups (broad SMARTS) is 1. The highest BCUT2D eigenvalue weighted by Crippen LogP contribution is 1.88. The maximum Gasteiger partial charge on any atom is 0.362 e. The lowest BCUT2D eigenvalue weighted by Gasteiger charge is -1.87. The van der Waals surface area contributed by atoms with Gasteiger partial charge in [-0.3, -0.25) is 0 Å². The van der Waals surface area contributed by atoms with Gasteiger partial charge in [-0.05, 0) is 5.21 Å². The molecular weight excluding hydrogens is 154 g/mol. The van der Waals surface area contributed by atoms with Crippen LogP contribution in [0.5, 0.6) is 0 Å². The maximum atomic E-state index is 10.2. The molecule has 8 nitrogen and oxygen atoms in total. The standard InChI is InChI=1S/C3H3N5O3/c9-3(10)1(6-11)2-4-7-8-5-2/h11H,(H,9,10)(H,4,5,7,8)/b6-1-. The summed E-state index contributed by atoms with van der Waals surface area (Å²) in [4.78, 5) is 10.2. The maximum absolute atomic E-state index is 10.2. The molecule has 0 aliphatic rings. The third-order valence-corrected chi connectivity index (χ3v) is 0.860. The summed E-state index contributed by atoms with van der Waals surface area (Å²) < 4.78 is 0. The summed E-state index contributed by atoms with van der Waals surface area (Å²) in [7, 11) is 0. The highest BCUT2D eigenvalue weighted by atomic mass is 16.4. The molecule has 8 heteroatoms.